The average Bonchev–Trinajstić information content (AvgIpc) is 2.36. The van der Waals surface area contributed by atoms with Crippen LogP contribution in [0.25, 0.3) is 10.4 Å². The highest BCUT2D eigenvalue weighted by molar-refractivity contribution is 5.68. The molecule has 10 heteroatoms. The number of hydrogen-bond acceptors (Lipinski definition) is 8. The van der Waals surface area contributed by atoms with Crippen LogP contribution in [-0.2, 0) is 33.3 Å². The molecule has 1 fully saturated rings. The Balaban J connectivity index is 3.16. The van der Waals surface area contributed by atoms with Gasteiger partial charge in [-0.2, -0.15) is 0 Å². The number of esters is 3. The van der Waals surface area contributed by atoms with E-state index in [1.54, 1.807) is 6.92 Å². The molecule has 5 atom stereocenters. The van der Waals surface area contributed by atoms with E-state index in [1.165, 1.54) is 6.92 Å². The van der Waals surface area contributed by atoms with Crippen LogP contribution < -0.4 is 0 Å². The van der Waals surface area contributed by atoms with Gasteiger partial charge in [-0.05, 0) is 12.5 Å². The summed E-state index contributed by atoms with van der Waals surface area (Å²) in [5.41, 5.74) is 8.67. The van der Waals surface area contributed by atoms with E-state index in [1.807, 2.05) is 0 Å². The Bertz CT molecular complexity index is 503. The first-order chi connectivity index (χ1) is 10.3. The minimum absolute atomic E-state index is 0.622. The molecule has 122 valence electrons. The molecule has 0 radical (unpaired) electrons. The Labute approximate surface area is 126 Å². The van der Waals surface area contributed by atoms with Crippen molar-refractivity contribution in [1.82, 2.24) is 0 Å². The minimum atomic E-state index is -1.25. The fourth-order valence-corrected chi connectivity index (χ4v) is 2.11. The first kappa shape index (κ1) is 17.7. The number of rotatable bonds is 4. The van der Waals surface area contributed by atoms with Crippen molar-refractivity contribution in [1.29, 1.82) is 0 Å². The van der Waals surface area contributed by atoms with E-state index in [4.69, 9.17) is 24.5 Å². The van der Waals surface area contributed by atoms with Gasteiger partial charge in [-0.25, -0.2) is 0 Å². The summed E-state index contributed by atoms with van der Waals surface area (Å²) in [5.74, 6) is -1.96. The summed E-state index contributed by atoms with van der Waals surface area (Å²) in [7, 11) is 0. The quantitative estimate of drug-likeness (QED) is 0.246. The lowest BCUT2D eigenvalue weighted by Gasteiger charge is -2.41. The Morgan fingerprint density at radius 1 is 1.00 bits per heavy atom. The first-order valence-electron chi connectivity index (χ1n) is 6.47. The minimum Gasteiger partial charge on any atom is -0.458 e. The molecule has 0 unspecified atom stereocenters. The molecular weight excluding hydrogens is 298 g/mol. The molecule has 1 heterocycles. The van der Waals surface area contributed by atoms with E-state index in [9.17, 15) is 14.4 Å². The third-order valence-electron chi connectivity index (χ3n) is 2.82. The van der Waals surface area contributed by atoms with Crippen LogP contribution in [0.1, 0.15) is 27.7 Å². The zero-order chi connectivity index (χ0) is 16.9. The smallest absolute Gasteiger partial charge is 0.304 e. The SMILES string of the molecule is CC(=O)O[C@H]1O[C@H](C)[C@H](OC(C)=O)[C@H](OC(C)=O)[C@H]1N=[N+]=[N-]. The molecule has 0 aliphatic carbocycles. The second-order valence-electron chi connectivity index (χ2n) is 4.66. The van der Waals surface area contributed by atoms with E-state index in [0.29, 0.717) is 0 Å². The molecule has 0 spiro atoms. The Morgan fingerprint density at radius 2 is 1.50 bits per heavy atom. The van der Waals surface area contributed by atoms with Gasteiger partial charge in [0.1, 0.15) is 6.04 Å². The van der Waals surface area contributed by atoms with Crippen LogP contribution >= 0.6 is 0 Å². The van der Waals surface area contributed by atoms with Gasteiger partial charge in [0.2, 0.25) is 6.29 Å². The third-order valence-corrected chi connectivity index (χ3v) is 2.82. The normalized spacial score (nSPS) is 30.6. The Hall–Kier alpha value is -2.32. The highest BCUT2D eigenvalue weighted by atomic mass is 16.7. The molecule has 0 aromatic heterocycles. The van der Waals surface area contributed by atoms with Crippen molar-refractivity contribution in [2.24, 2.45) is 5.11 Å². The summed E-state index contributed by atoms with van der Waals surface area (Å²) in [5, 5.41) is 3.45. The zero-order valence-electron chi connectivity index (χ0n) is 12.6. The largest absolute Gasteiger partial charge is 0.458 e. The molecule has 1 saturated heterocycles. The van der Waals surface area contributed by atoms with E-state index < -0.39 is 48.6 Å². The predicted molar refractivity (Wildman–Crippen MR) is 70.1 cm³/mol. The summed E-state index contributed by atoms with van der Waals surface area (Å²) in [4.78, 5) is 36.2. The van der Waals surface area contributed by atoms with Crippen molar-refractivity contribution < 1.29 is 33.3 Å². The fraction of sp³-hybridized carbons (Fsp3) is 0.750. The summed E-state index contributed by atoms with van der Waals surface area (Å²) in [6.07, 6.45) is -4.13. The lowest BCUT2D eigenvalue weighted by Crippen LogP contribution is -2.59. The number of ether oxygens (including phenoxy) is 4. The van der Waals surface area contributed by atoms with Crippen molar-refractivity contribution in [3.05, 3.63) is 10.4 Å². The second kappa shape index (κ2) is 7.62. The summed E-state index contributed by atoms with van der Waals surface area (Å²) >= 11 is 0. The van der Waals surface area contributed by atoms with Crippen LogP contribution in [0.2, 0.25) is 0 Å². The molecule has 0 bridgehead atoms. The molecule has 0 aromatic rings. The molecule has 1 rings (SSSR count). The van der Waals surface area contributed by atoms with Crippen molar-refractivity contribution in [3.8, 4) is 0 Å². The Kier molecular flexibility index (Phi) is 6.14. The van der Waals surface area contributed by atoms with Gasteiger partial charge in [-0.1, -0.05) is 5.11 Å². The number of hydrogen-bond donors (Lipinski definition) is 0. The molecule has 10 nitrogen and oxygen atoms in total. The lowest BCUT2D eigenvalue weighted by molar-refractivity contribution is -0.257. The van der Waals surface area contributed by atoms with Gasteiger partial charge in [-0.3, -0.25) is 14.4 Å². The van der Waals surface area contributed by atoms with Gasteiger partial charge in [0.05, 0.1) is 6.10 Å². The highest BCUT2D eigenvalue weighted by Crippen LogP contribution is 2.29. The molecule has 0 saturated carbocycles. The van der Waals surface area contributed by atoms with E-state index in [-0.39, 0.29) is 0 Å². The molecular formula is C12H17N3O7. The standard InChI is InChI=1S/C12H17N3O7/c1-5-10(20-6(2)16)11(21-7(3)17)9(14-15-13)12(19-5)22-8(4)18/h5,9-12H,1-4H3/t5-,9-,10+,11-,12-/m1/s1. The van der Waals surface area contributed by atoms with Crippen LogP contribution in [0.5, 0.6) is 0 Å². The van der Waals surface area contributed by atoms with Crippen LogP contribution in [0, 0.1) is 0 Å². The maximum atomic E-state index is 11.3. The van der Waals surface area contributed by atoms with Gasteiger partial charge in [0, 0.05) is 25.7 Å². The summed E-state index contributed by atoms with van der Waals surface area (Å²) < 4.78 is 20.5. The second-order valence-corrected chi connectivity index (χ2v) is 4.66. The van der Waals surface area contributed by atoms with Crippen molar-refractivity contribution in [2.45, 2.75) is 58.3 Å². The fourth-order valence-electron chi connectivity index (χ4n) is 2.11. The summed E-state index contributed by atoms with van der Waals surface area (Å²) in [6.45, 7) is 5.03. The van der Waals surface area contributed by atoms with E-state index >= 15 is 0 Å². The van der Waals surface area contributed by atoms with Crippen molar-refractivity contribution >= 4 is 17.9 Å². The van der Waals surface area contributed by atoms with Gasteiger partial charge in [0.15, 0.2) is 12.2 Å². The zero-order valence-corrected chi connectivity index (χ0v) is 12.6. The first-order valence-corrected chi connectivity index (χ1v) is 6.47. The summed E-state index contributed by atoms with van der Waals surface area (Å²) in [6, 6.07) is -1.18. The van der Waals surface area contributed by atoms with Crippen LogP contribution in [0.15, 0.2) is 5.11 Å². The molecule has 0 aromatic carbocycles. The molecule has 0 N–H and O–H groups in total. The molecule has 22 heavy (non-hydrogen) atoms. The monoisotopic (exact) mass is 315 g/mol. The Morgan fingerprint density at radius 3 is 1.95 bits per heavy atom. The van der Waals surface area contributed by atoms with Crippen LogP contribution in [0.4, 0.5) is 0 Å². The number of nitrogens with zero attached hydrogens (tertiary/aromatic N) is 3. The maximum Gasteiger partial charge on any atom is 0.304 e. The lowest BCUT2D eigenvalue weighted by atomic mass is 9.97. The third kappa shape index (κ3) is 4.61. The van der Waals surface area contributed by atoms with Crippen LogP contribution in [0.3, 0.4) is 0 Å². The predicted octanol–water partition coefficient (Wildman–Crippen LogP) is 0.837. The topological polar surface area (TPSA) is 137 Å². The van der Waals surface area contributed by atoms with E-state index in [0.717, 1.165) is 13.8 Å². The van der Waals surface area contributed by atoms with Crippen molar-refractivity contribution in [3.63, 3.8) is 0 Å². The van der Waals surface area contributed by atoms with Crippen LogP contribution in [-0.4, -0.2) is 48.6 Å². The molecule has 0 amide bonds. The average molecular weight is 315 g/mol. The number of carbonyl (C=O) groups excluding carboxylic acids is 3. The maximum absolute atomic E-state index is 11.3. The molecule has 1 aliphatic rings. The number of azide groups is 1. The van der Waals surface area contributed by atoms with Crippen molar-refractivity contribution in [2.75, 3.05) is 0 Å². The highest BCUT2D eigenvalue weighted by Gasteiger charge is 2.49. The number of carbonyl (C=O) groups is 3. The molecule has 1 aliphatic heterocycles. The van der Waals surface area contributed by atoms with E-state index in [2.05, 4.69) is 10.0 Å². The van der Waals surface area contributed by atoms with Gasteiger partial charge in [0.25, 0.3) is 0 Å². The van der Waals surface area contributed by atoms with Gasteiger partial charge < -0.3 is 18.9 Å². The van der Waals surface area contributed by atoms with Gasteiger partial charge in [-0.15, -0.1) is 0 Å². The van der Waals surface area contributed by atoms with Gasteiger partial charge >= 0.3 is 17.9 Å².